The van der Waals surface area contributed by atoms with Gasteiger partial charge >= 0.3 is 0 Å². The number of hydrogen-bond acceptors (Lipinski definition) is 4. The second-order valence-corrected chi connectivity index (χ2v) is 8.49. The summed E-state index contributed by atoms with van der Waals surface area (Å²) in [5, 5.41) is 17.5. The molecule has 0 saturated carbocycles. The normalized spacial score (nSPS) is 13.8. The molecule has 2 aromatic rings. The van der Waals surface area contributed by atoms with E-state index in [9.17, 15) is 9.59 Å². The summed E-state index contributed by atoms with van der Waals surface area (Å²) in [5.41, 5.74) is 1.78. The number of pyridine rings is 2. The van der Waals surface area contributed by atoms with Crippen molar-refractivity contribution in [1.82, 2.24) is 9.80 Å². The molecule has 2 aliphatic rings. The highest BCUT2D eigenvalue weighted by atomic mass is 79.9. The second-order valence-electron chi connectivity index (χ2n) is 8.49. The van der Waals surface area contributed by atoms with Gasteiger partial charge in [0.2, 0.25) is 13.1 Å². The molecular formula is C26H32Br2N6O2. The molecule has 0 N–H and O–H groups in total. The van der Waals surface area contributed by atoms with Crippen LogP contribution in [0.25, 0.3) is 0 Å². The third-order valence-electron chi connectivity index (χ3n) is 6.12. The molecule has 36 heavy (non-hydrogen) atoms. The van der Waals surface area contributed by atoms with Gasteiger partial charge in [0, 0.05) is 50.4 Å². The highest BCUT2D eigenvalue weighted by Gasteiger charge is 2.23. The zero-order valence-electron chi connectivity index (χ0n) is 20.4. The molecule has 4 heterocycles. The smallest absolute Gasteiger partial charge is 0.288 e. The van der Waals surface area contributed by atoms with Crippen molar-refractivity contribution in [2.45, 2.75) is 51.6 Å². The first-order valence-electron chi connectivity index (χ1n) is 11.9. The van der Waals surface area contributed by atoms with E-state index >= 15 is 0 Å². The summed E-state index contributed by atoms with van der Waals surface area (Å²) >= 11 is 0. The lowest BCUT2D eigenvalue weighted by Gasteiger charge is -2.13. The molecule has 10 heteroatoms. The third-order valence-corrected chi connectivity index (χ3v) is 6.12. The Morgan fingerprint density at radius 2 is 1.06 bits per heavy atom. The van der Waals surface area contributed by atoms with E-state index in [1.165, 1.54) is 0 Å². The first-order chi connectivity index (χ1) is 16.6. The maximum Gasteiger partial charge on any atom is 0.288 e. The Bertz CT molecular complexity index is 985. The maximum atomic E-state index is 12.0. The van der Waals surface area contributed by atoms with Crippen molar-refractivity contribution < 1.29 is 52.7 Å². The molecule has 2 saturated heterocycles. The first-order valence-corrected chi connectivity index (χ1v) is 11.9. The Morgan fingerprint density at radius 3 is 1.39 bits per heavy atom. The van der Waals surface area contributed by atoms with Gasteiger partial charge in [0.05, 0.1) is 12.1 Å². The van der Waals surface area contributed by atoms with E-state index in [2.05, 4.69) is 12.1 Å². The van der Waals surface area contributed by atoms with E-state index in [0.29, 0.717) is 25.9 Å². The largest absolute Gasteiger partial charge is 1.00 e. The van der Waals surface area contributed by atoms with Crippen molar-refractivity contribution in [3.8, 4) is 12.1 Å². The topological polar surface area (TPSA) is 96.0 Å². The van der Waals surface area contributed by atoms with Crippen molar-refractivity contribution in [2.75, 3.05) is 26.2 Å². The highest BCUT2D eigenvalue weighted by molar-refractivity contribution is 5.75. The van der Waals surface area contributed by atoms with Crippen LogP contribution in [0.5, 0.6) is 0 Å². The molecule has 0 atom stereocenters. The van der Waals surface area contributed by atoms with E-state index in [0.717, 1.165) is 63.3 Å². The van der Waals surface area contributed by atoms with Crippen molar-refractivity contribution in [3.63, 3.8) is 0 Å². The summed E-state index contributed by atoms with van der Waals surface area (Å²) in [7, 11) is 0. The van der Waals surface area contributed by atoms with E-state index in [-0.39, 0.29) is 45.8 Å². The number of likely N-dealkylation sites (tertiary alicyclic amines) is 2. The number of hydrogen-bond donors (Lipinski definition) is 0. The van der Waals surface area contributed by atoms with Gasteiger partial charge in [0.15, 0.2) is 23.8 Å². The monoisotopic (exact) mass is 618 g/mol. The van der Waals surface area contributed by atoms with Gasteiger partial charge in [-0.2, -0.15) is 19.7 Å². The van der Waals surface area contributed by atoms with E-state index < -0.39 is 0 Å². The molecular weight excluding hydrogens is 588 g/mol. The predicted molar refractivity (Wildman–Crippen MR) is 124 cm³/mol. The minimum absolute atomic E-state index is 0. The van der Waals surface area contributed by atoms with Gasteiger partial charge in [-0.15, -0.1) is 0 Å². The Balaban J connectivity index is 0.000000341. The van der Waals surface area contributed by atoms with Crippen LogP contribution >= 0.6 is 0 Å². The highest BCUT2D eigenvalue weighted by Crippen LogP contribution is 2.08. The average molecular weight is 620 g/mol. The lowest BCUT2D eigenvalue weighted by atomic mass is 10.2. The molecule has 2 aliphatic heterocycles. The van der Waals surface area contributed by atoms with Gasteiger partial charge in [-0.1, -0.05) is 12.1 Å². The van der Waals surface area contributed by atoms with E-state index in [1.54, 1.807) is 0 Å². The summed E-state index contributed by atoms with van der Waals surface area (Å²) in [6, 6.07) is 15.6. The number of nitrogens with zero attached hydrogens (tertiary/aromatic N) is 6. The molecule has 0 spiro atoms. The standard InChI is InChI=1S/2C13H16N3O.2BrH/c2*14-7-6-12-5-1-2-10-16(12)11-13(17)15-8-3-4-9-15;;/h2*1-2,5,10H,3-4,6,8-9,11H2;2*1H/q2*+1;;/p-2. The van der Waals surface area contributed by atoms with Gasteiger partial charge in [-0.25, -0.2) is 0 Å². The van der Waals surface area contributed by atoms with Crippen molar-refractivity contribution in [3.05, 3.63) is 60.2 Å². The fraction of sp³-hybridized carbons (Fsp3) is 0.462. The van der Waals surface area contributed by atoms with Crippen LogP contribution in [-0.4, -0.2) is 47.8 Å². The molecule has 192 valence electrons. The second kappa shape index (κ2) is 16.8. The fourth-order valence-corrected chi connectivity index (χ4v) is 4.24. The van der Waals surface area contributed by atoms with Crippen LogP contribution in [0.15, 0.2) is 48.8 Å². The van der Waals surface area contributed by atoms with Crippen LogP contribution in [-0.2, 0) is 35.5 Å². The molecule has 2 aromatic heterocycles. The van der Waals surface area contributed by atoms with Crippen LogP contribution in [0.1, 0.15) is 37.1 Å². The van der Waals surface area contributed by atoms with Gasteiger partial charge in [0.1, 0.15) is 12.8 Å². The molecule has 0 aromatic carbocycles. The van der Waals surface area contributed by atoms with Crippen LogP contribution in [0.2, 0.25) is 0 Å². The summed E-state index contributed by atoms with van der Waals surface area (Å²) in [6.45, 7) is 4.19. The Morgan fingerprint density at radius 1 is 0.694 bits per heavy atom. The number of carbonyl (C=O) groups excluding carboxylic acids is 2. The van der Waals surface area contributed by atoms with Gasteiger partial charge in [-0.05, 0) is 25.7 Å². The number of nitriles is 2. The molecule has 0 radical (unpaired) electrons. The number of carbonyl (C=O) groups is 2. The molecule has 0 unspecified atom stereocenters. The lowest BCUT2D eigenvalue weighted by Crippen LogP contribution is -3.00. The Labute approximate surface area is 234 Å². The Hall–Kier alpha value is -2.82. The first kappa shape index (κ1) is 31.2. The van der Waals surface area contributed by atoms with E-state index in [1.807, 2.05) is 67.7 Å². The zero-order chi connectivity index (χ0) is 24.2. The molecule has 0 aliphatic carbocycles. The maximum absolute atomic E-state index is 12.0. The quantitative estimate of drug-likeness (QED) is 0.304. The van der Waals surface area contributed by atoms with Gasteiger partial charge < -0.3 is 43.8 Å². The summed E-state index contributed by atoms with van der Waals surface area (Å²) in [5.74, 6) is 0.302. The zero-order valence-corrected chi connectivity index (χ0v) is 23.5. The lowest BCUT2D eigenvalue weighted by molar-refractivity contribution is -0.692. The fourth-order valence-electron chi connectivity index (χ4n) is 4.24. The van der Waals surface area contributed by atoms with Gasteiger partial charge in [0.25, 0.3) is 11.8 Å². The SMILES string of the molecule is N#CCc1cccc[n+]1CC(=O)N1CCCC1.N#CCc1cccc[n+]1CC(=O)N1CCCC1.[Br-].[Br-]. The van der Waals surface area contributed by atoms with Crippen molar-refractivity contribution >= 4 is 11.8 Å². The number of rotatable bonds is 6. The minimum atomic E-state index is 0. The van der Waals surface area contributed by atoms with E-state index in [4.69, 9.17) is 10.5 Å². The molecule has 4 rings (SSSR count). The molecule has 8 nitrogen and oxygen atoms in total. The van der Waals surface area contributed by atoms with Crippen LogP contribution < -0.4 is 43.1 Å². The summed E-state index contributed by atoms with van der Waals surface area (Å²) in [6.07, 6.45) is 8.84. The number of amides is 2. The number of aromatic nitrogens is 2. The van der Waals surface area contributed by atoms with Crippen molar-refractivity contribution in [1.29, 1.82) is 10.5 Å². The summed E-state index contributed by atoms with van der Waals surface area (Å²) < 4.78 is 3.73. The minimum Gasteiger partial charge on any atom is -1.00 e. The summed E-state index contributed by atoms with van der Waals surface area (Å²) in [4.78, 5) is 27.8. The molecule has 2 amide bonds. The third kappa shape index (κ3) is 9.33. The van der Waals surface area contributed by atoms with Crippen molar-refractivity contribution in [2.24, 2.45) is 0 Å². The van der Waals surface area contributed by atoms with Gasteiger partial charge in [-0.3, -0.25) is 9.59 Å². The van der Waals surface area contributed by atoms with Crippen LogP contribution in [0, 0.1) is 22.7 Å². The number of halogens is 2. The van der Waals surface area contributed by atoms with Crippen LogP contribution in [0.4, 0.5) is 0 Å². The van der Waals surface area contributed by atoms with Crippen LogP contribution in [0.3, 0.4) is 0 Å². The average Bonchev–Trinajstić information content (AvgIpc) is 3.57. The molecule has 2 fully saturated rings. The Kier molecular flexibility index (Phi) is 14.5. The molecule has 0 bridgehead atoms. The predicted octanol–water partition coefficient (Wildman–Crippen LogP) is -4.67.